The summed E-state index contributed by atoms with van der Waals surface area (Å²) >= 11 is 0. The summed E-state index contributed by atoms with van der Waals surface area (Å²) in [6.07, 6.45) is 0.939. The standard InChI is InChI=1S/C27H33F3N8O/c1-18-7-8-19(13-25(18)38-17-23(33-37(38)6)20-15-31-36(5)16-20)26(39)32-21-9-10-24(22(14-21)27(28,29)30)35(4)12-11-34(2)3/h7-10,13-17,33H,11-12H2,1-6H3,(H,32,39). The van der Waals surface area contributed by atoms with Crippen molar-refractivity contribution in [3.05, 3.63) is 77.2 Å². The minimum Gasteiger partial charge on any atom is -0.373 e. The second-order valence-corrected chi connectivity index (χ2v) is 9.84. The molecule has 0 bridgehead atoms. The van der Waals surface area contributed by atoms with Gasteiger partial charge in [0.05, 0.1) is 23.1 Å². The Kier molecular flexibility index (Phi) is 7.89. The summed E-state index contributed by atoms with van der Waals surface area (Å²) in [6.45, 7) is 2.94. The molecule has 0 atom stereocenters. The first-order valence-electron chi connectivity index (χ1n) is 12.3. The maximum absolute atomic E-state index is 13.9. The molecular weight excluding hydrogens is 509 g/mol. The molecule has 1 aliphatic heterocycles. The van der Waals surface area contributed by atoms with Gasteiger partial charge in [-0.3, -0.25) is 19.9 Å². The van der Waals surface area contributed by atoms with Gasteiger partial charge in [0.15, 0.2) is 0 Å². The summed E-state index contributed by atoms with van der Waals surface area (Å²) in [7, 11) is 9.02. The van der Waals surface area contributed by atoms with E-state index in [0.29, 0.717) is 18.7 Å². The van der Waals surface area contributed by atoms with Gasteiger partial charge < -0.3 is 15.1 Å². The summed E-state index contributed by atoms with van der Waals surface area (Å²) in [6, 6.07) is 9.03. The van der Waals surface area contributed by atoms with Crippen molar-refractivity contribution in [3.8, 4) is 0 Å². The normalized spacial score (nSPS) is 14.0. The van der Waals surface area contributed by atoms with E-state index in [0.717, 1.165) is 28.6 Å². The second-order valence-electron chi connectivity index (χ2n) is 9.84. The molecule has 2 N–H and O–H groups in total. The maximum Gasteiger partial charge on any atom is 0.418 e. The number of likely N-dealkylation sites (N-methyl/N-ethyl adjacent to an activating group) is 2. The molecule has 0 unspecified atom stereocenters. The summed E-state index contributed by atoms with van der Waals surface area (Å²) in [4.78, 5) is 16.6. The van der Waals surface area contributed by atoms with Crippen molar-refractivity contribution in [2.24, 2.45) is 7.05 Å². The van der Waals surface area contributed by atoms with Gasteiger partial charge >= 0.3 is 6.18 Å². The fraction of sp³-hybridized carbons (Fsp3) is 0.333. The van der Waals surface area contributed by atoms with Crippen LogP contribution >= 0.6 is 0 Å². The number of aryl methyl sites for hydroxylation is 2. The first-order valence-corrected chi connectivity index (χ1v) is 12.3. The van der Waals surface area contributed by atoms with Gasteiger partial charge in [-0.25, -0.2) is 0 Å². The van der Waals surface area contributed by atoms with Crippen LogP contribution in [0.15, 0.2) is 55.0 Å². The number of benzene rings is 2. The smallest absolute Gasteiger partial charge is 0.373 e. The highest BCUT2D eigenvalue weighted by Gasteiger charge is 2.35. The molecule has 0 saturated heterocycles. The zero-order valence-electron chi connectivity index (χ0n) is 22.8. The number of hydrogen-bond donors (Lipinski definition) is 2. The van der Waals surface area contributed by atoms with E-state index in [2.05, 4.69) is 15.8 Å². The molecule has 0 fully saturated rings. The van der Waals surface area contributed by atoms with Crippen molar-refractivity contribution in [2.45, 2.75) is 13.1 Å². The number of hydrazine groups is 2. The predicted molar refractivity (Wildman–Crippen MR) is 147 cm³/mol. The third-order valence-electron chi connectivity index (χ3n) is 6.44. The summed E-state index contributed by atoms with van der Waals surface area (Å²) in [5.41, 5.74) is 6.26. The Morgan fingerprint density at radius 2 is 1.82 bits per heavy atom. The summed E-state index contributed by atoms with van der Waals surface area (Å²) in [5.74, 6) is -0.510. The molecular formula is C27H33F3N8O. The molecule has 1 aliphatic rings. The number of aromatic nitrogens is 2. The van der Waals surface area contributed by atoms with Crippen molar-refractivity contribution >= 4 is 28.7 Å². The lowest BCUT2D eigenvalue weighted by Crippen LogP contribution is -2.39. The fourth-order valence-corrected chi connectivity index (χ4v) is 4.24. The van der Waals surface area contributed by atoms with Crippen LogP contribution in [0.4, 0.5) is 30.2 Å². The van der Waals surface area contributed by atoms with E-state index in [-0.39, 0.29) is 11.4 Å². The molecule has 208 valence electrons. The molecule has 39 heavy (non-hydrogen) atoms. The molecule has 1 amide bonds. The molecule has 0 spiro atoms. The van der Waals surface area contributed by atoms with Gasteiger partial charge in [0.25, 0.3) is 5.91 Å². The molecule has 0 saturated carbocycles. The number of nitrogens with zero attached hydrogens (tertiary/aromatic N) is 6. The number of rotatable bonds is 8. The monoisotopic (exact) mass is 542 g/mol. The van der Waals surface area contributed by atoms with E-state index < -0.39 is 17.6 Å². The number of halogens is 3. The highest BCUT2D eigenvalue weighted by atomic mass is 19.4. The first kappa shape index (κ1) is 28.0. The third kappa shape index (κ3) is 6.35. The van der Waals surface area contributed by atoms with Crippen LogP contribution in [-0.4, -0.2) is 67.0 Å². The highest BCUT2D eigenvalue weighted by Crippen LogP contribution is 2.38. The van der Waals surface area contributed by atoms with Crippen molar-refractivity contribution in [1.29, 1.82) is 0 Å². The molecule has 1 aromatic heterocycles. The van der Waals surface area contributed by atoms with Crippen molar-refractivity contribution in [3.63, 3.8) is 0 Å². The van der Waals surface area contributed by atoms with E-state index in [1.807, 2.05) is 57.4 Å². The zero-order chi connectivity index (χ0) is 28.5. The van der Waals surface area contributed by atoms with E-state index in [4.69, 9.17) is 0 Å². The van der Waals surface area contributed by atoms with E-state index in [1.165, 1.54) is 12.1 Å². The topological polar surface area (TPSA) is 71.9 Å². The van der Waals surface area contributed by atoms with Gasteiger partial charge in [0.2, 0.25) is 0 Å². The Labute approximate surface area is 226 Å². The lowest BCUT2D eigenvalue weighted by Gasteiger charge is -2.26. The van der Waals surface area contributed by atoms with Crippen molar-refractivity contribution in [2.75, 3.05) is 56.5 Å². The average molecular weight is 543 g/mol. The molecule has 2 heterocycles. The van der Waals surface area contributed by atoms with Crippen LogP contribution in [0.3, 0.4) is 0 Å². The van der Waals surface area contributed by atoms with Crippen LogP contribution in [0.25, 0.3) is 5.70 Å². The summed E-state index contributed by atoms with van der Waals surface area (Å²) < 4.78 is 43.5. The number of hydrogen-bond acceptors (Lipinski definition) is 7. The fourth-order valence-electron chi connectivity index (χ4n) is 4.24. The minimum atomic E-state index is -4.58. The number of carbonyl (C=O) groups is 1. The van der Waals surface area contributed by atoms with Gasteiger partial charge in [0, 0.05) is 69.1 Å². The minimum absolute atomic E-state index is 0.0562. The van der Waals surface area contributed by atoms with Crippen molar-refractivity contribution in [1.82, 2.24) is 25.2 Å². The van der Waals surface area contributed by atoms with E-state index in [1.54, 1.807) is 46.1 Å². The lowest BCUT2D eigenvalue weighted by molar-refractivity contribution is -0.137. The number of amides is 1. The Balaban J connectivity index is 1.57. The SMILES string of the molecule is Cc1ccc(C(=O)Nc2ccc(N(C)CCN(C)C)c(C(F)(F)F)c2)cc1N1C=C(c2cnn(C)c2)NN1C. The zero-order valence-corrected chi connectivity index (χ0v) is 22.8. The molecule has 0 aliphatic carbocycles. The molecule has 0 radical (unpaired) electrons. The van der Waals surface area contributed by atoms with Crippen LogP contribution in [-0.2, 0) is 13.2 Å². The Hall–Kier alpha value is -4.03. The molecule has 4 rings (SSSR count). The molecule has 9 nitrogen and oxygen atoms in total. The van der Waals surface area contributed by atoms with Crippen LogP contribution in [0.5, 0.6) is 0 Å². The number of carbonyl (C=O) groups excluding carboxylic acids is 1. The lowest BCUT2D eigenvalue weighted by atomic mass is 10.1. The van der Waals surface area contributed by atoms with Crippen LogP contribution < -0.4 is 20.7 Å². The van der Waals surface area contributed by atoms with Gasteiger partial charge in [-0.05, 0) is 56.9 Å². The van der Waals surface area contributed by atoms with Crippen LogP contribution in [0, 0.1) is 6.92 Å². The molecule has 12 heteroatoms. The van der Waals surface area contributed by atoms with E-state index >= 15 is 0 Å². The maximum atomic E-state index is 13.9. The van der Waals surface area contributed by atoms with Gasteiger partial charge in [-0.15, -0.1) is 5.12 Å². The van der Waals surface area contributed by atoms with Crippen LogP contribution in [0.2, 0.25) is 0 Å². The number of anilines is 3. The van der Waals surface area contributed by atoms with Gasteiger partial charge in [-0.1, -0.05) is 6.07 Å². The second kappa shape index (κ2) is 11.0. The Bertz CT molecular complexity index is 1380. The Morgan fingerprint density at radius 1 is 1.08 bits per heavy atom. The van der Waals surface area contributed by atoms with E-state index in [9.17, 15) is 18.0 Å². The molecule has 2 aromatic carbocycles. The number of alkyl halides is 3. The van der Waals surface area contributed by atoms with Crippen LogP contribution in [0.1, 0.15) is 27.0 Å². The quantitative estimate of drug-likeness (QED) is 0.443. The number of nitrogens with one attached hydrogen (secondary N) is 2. The van der Waals surface area contributed by atoms with Gasteiger partial charge in [0.1, 0.15) is 0 Å². The summed E-state index contributed by atoms with van der Waals surface area (Å²) in [5, 5.41) is 10.5. The Morgan fingerprint density at radius 3 is 2.46 bits per heavy atom. The predicted octanol–water partition coefficient (Wildman–Crippen LogP) is 4.17. The average Bonchev–Trinajstić information content (AvgIpc) is 3.47. The van der Waals surface area contributed by atoms with Crippen molar-refractivity contribution < 1.29 is 18.0 Å². The van der Waals surface area contributed by atoms with Gasteiger partial charge in [-0.2, -0.15) is 18.3 Å². The first-order chi connectivity index (χ1) is 18.3. The third-order valence-corrected chi connectivity index (χ3v) is 6.44. The molecule has 3 aromatic rings. The largest absolute Gasteiger partial charge is 0.418 e. The highest BCUT2D eigenvalue weighted by molar-refractivity contribution is 6.05.